The SMILES string of the molecule is CN(CCCCNC1CC1)CC1CCN(C)C1. The highest BCUT2D eigenvalue weighted by Crippen LogP contribution is 2.18. The van der Waals surface area contributed by atoms with Crippen LogP contribution in [-0.4, -0.2) is 62.7 Å². The topological polar surface area (TPSA) is 18.5 Å². The summed E-state index contributed by atoms with van der Waals surface area (Å²) < 4.78 is 0. The molecule has 17 heavy (non-hydrogen) atoms. The molecule has 2 fully saturated rings. The van der Waals surface area contributed by atoms with Gasteiger partial charge >= 0.3 is 0 Å². The zero-order valence-electron chi connectivity index (χ0n) is 11.6. The molecule has 1 aliphatic heterocycles. The third-order valence-corrected chi connectivity index (χ3v) is 4.04. The molecule has 0 radical (unpaired) electrons. The molecule has 0 amide bonds. The molecule has 100 valence electrons. The normalized spacial score (nSPS) is 25.9. The van der Waals surface area contributed by atoms with Gasteiger partial charge in [-0.1, -0.05) is 0 Å². The van der Waals surface area contributed by atoms with Crippen molar-refractivity contribution >= 4 is 0 Å². The minimum absolute atomic E-state index is 0.877. The highest BCUT2D eigenvalue weighted by Gasteiger charge is 2.21. The molecular formula is C14H29N3. The maximum Gasteiger partial charge on any atom is 0.00682 e. The maximum absolute atomic E-state index is 3.58. The van der Waals surface area contributed by atoms with Gasteiger partial charge in [0.05, 0.1) is 0 Å². The van der Waals surface area contributed by atoms with Crippen molar-refractivity contribution in [1.82, 2.24) is 15.1 Å². The van der Waals surface area contributed by atoms with E-state index in [0.717, 1.165) is 12.0 Å². The van der Waals surface area contributed by atoms with Crippen molar-refractivity contribution in [3.05, 3.63) is 0 Å². The van der Waals surface area contributed by atoms with Gasteiger partial charge in [0, 0.05) is 19.1 Å². The van der Waals surface area contributed by atoms with E-state index in [1.807, 2.05) is 0 Å². The number of hydrogen-bond donors (Lipinski definition) is 1. The van der Waals surface area contributed by atoms with Crippen molar-refractivity contribution in [2.45, 2.75) is 38.1 Å². The number of nitrogens with zero attached hydrogens (tertiary/aromatic N) is 2. The molecule has 0 aromatic rings. The molecule has 0 spiro atoms. The Labute approximate surface area is 107 Å². The zero-order chi connectivity index (χ0) is 12.1. The van der Waals surface area contributed by atoms with Gasteiger partial charge in [-0.2, -0.15) is 0 Å². The van der Waals surface area contributed by atoms with Crippen molar-refractivity contribution in [3.63, 3.8) is 0 Å². The number of likely N-dealkylation sites (tertiary alicyclic amines) is 1. The van der Waals surface area contributed by atoms with Crippen LogP contribution in [0.15, 0.2) is 0 Å². The van der Waals surface area contributed by atoms with Crippen LogP contribution in [0.4, 0.5) is 0 Å². The monoisotopic (exact) mass is 239 g/mol. The molecule has 1 saturated heterocycles. The fraction of sp³-hybridized carbons (Fsp3) is 1.00. The van der Waals surface area contributed by atoms with Crippen LogP contribution in [0.1, 0.15) is 32.1 Å². The molecule has 0 aromatic heterocycles. The van der Waals surface area contributed by atoms with E-state index in [9.17, 15) is 0 Å². The van der Waals surface area contributed by atoms with Crippen LogP contribution in [0.25, 0.3) is 0 Å². The van der Waals surface area contributed by atoms with Gasteiger partial charge in [0.1, 0.15) is 0 Å². The van der Waals surface area contributed by atoms with Crippen molar-refractivity contribution in [2.24, 2.45) is 5.92 Å². The maximum atomic E-state index is 3.58. The summed E-state index contributed by atoms with van der Waals surface area (Å²) in [6, 6.07) is 0.877. The molecule has 1 unspecified atom stereocenters. The largest absolute Gasteiger partial charge is 0.314 e. The van der Waals surface area contributed by atoms with Gasteiger partial charge < -0.3 is 15.1 Å². The molecule has 1 aliphatic carbocycles. The number of nitrogens with one attached hydrogen (secondary N) is 1. The lowest BCUT2D eigenvalue weighted by atomic mass is 10.1. The van der Waals surface area contributed by atoms with Gasteiger partial charge in [-0.15, -0.1) is 0 Å². The summed E-state index contributed by atoms with van der Waals surface area (Å²) >= 11 is 0. The molecule has 1 atom stereocenters. The minimum Gasteiger partial charge on any atom is -0.314 e. The van der Waals surface area contributed by atoms with E-state index in [0.29, 0.717) is 0 Å². The predicted molar refractivity (Wildman–Crippen MR) is 73.4 cm³/mol. The van der Waals surface area contributed by atoms with E-state index < -0.39 is 0 Å². The second-order valence-corrected chi connectivity index (χ2v) is 6.11. The van der Waals surface area contributed by atoms with Crippen LogP contribution in [-0.2, 0) is 0 Å². The summed E-state index contributed by atoms with van der Waals surface area (Å²) in [4.78, 5) is 4.99. The summed E-state index contributed by atoms with van der Waals surface area (Å²) in [5.41, 5.74) is 0. The summed E-state index contributed by atoms with van der Waals surface area (Å²) in [6.07, 6.45) is 6.90. The third kappa shape index (κ3) is 5.36. The van der Waals surface area contributed by atoms with Crippen molar-refractivity contribution in [2.75, 3.05) is 46.8 Å². The first-order valence-corrected chi connectivity index (χ1v) is 7.34. The van der Waals surface area contributed by atoms with Gasteiger partial charge in [0.15, 0.2) is 0 Å². The summed E-state index contributed by atoms with van der Waals surface area (Å²) in [7, 11) is 4.52. The lowest BCUT2D eigenvalue weighted by Crippen LogP contribution is -2.28. The smallest absolute Gasteiger partial charge is 0.00682 e. The van der Waals surface area contributed by atoms with E-state index in [1.54, 1.807) is 0 Å². The van der Waals surface area contributed by atoms with E-state index in [4.69, 9.17) is 0 Å². The van der Waals surface area contributed by atoms with Gasteiger partial charge in [-0.05, 0) is 71.8 Å². The average molecular weight is 239 g/mol. The molecular weight excluding hydrogens is 210 g/mol. The van der Waals surface area contributed by atoms with E-state index in [2.05, 4.69) is 29.2 Å². The first-order chi connectivity index (χ1) is 8.24. The molecule has 1 N–H and O–H groups in total. The molecule has 0 aromatic carbocycles. The van der Waals surface area contributed by atoms with E-state index in [1.165, 1.54) is 64.8 Å². The molecule has 3 nitrogen and oxygen atoms in total. The molecule has 2 rings (SSSR count). The Balaban J connectivity index is 1.44. The Morgan fingerprint density at radius 2 is 2.06 bits per heavy atom. The van der Waals surface area contributed by atoms with Crippen LogP contribution in [0.3, 0.4) is 0 Å². The lowest BCUT2D eigenvalue weighted by molar-refractivity contribution is 0.269. The van der Waals surface area contributed by atoms with E-state index in [-0.39, 0.29) is 0 Å². The Hall–Kier alpha value is -0.120. The standard InChI is InChI=1S/C14H29N3/c1-16(11-13-7-10-17(2)12-13)9-4-3-8-15-14-5-6-14/h13-15H,3-12H2,1-2H3. The van der Waals surface area contributed by atoms with Crippen LogP contribution in [0.5, 0.6) is 0 Å². The fourth-order valence-corrected chi connectivity index (χ4v) is 2.81. The van der Waals surface area contributed by atoms with Gasteiger partial charge in [0.25, 0.3) is 0 Å². The first kappa shape index (κ1) is 13.3. The summed E-state index contributed by atoms with van der Waals surface area (Å²) in [5, 5.41) is 3.58. The quantitative estimate of drug-likeness (QED) is 0.646. The fourth-order valence-electron chi connectivity index (χ4n) is 2.81. The molecule has 1 saturated carbocycles. The van der Waals surface area contributed by atoms with Crippen LogP contribution in [0, 0.1) is 5.92 Å². The number of rotatable bonds is 8. The highest BCUT2D eigenvalue weighted by molar-refractivity contribution is 4.80. The summed E-state index contributed by atoms with van der Waals surface area (Å²) in [5.74, 6) is 0.912. The highest BCUT2D eigenvalue weighted by atomic mass is 15.1. The predicted octanol–water partition coefficient (Wildman–Crippen LogP) is 1.40. The lowest BCUT2D eigenvalue weighted by Gasteiger charge is -2.20. The van der Waals surface area contributed by atoms with Gasteiger partial charge in [-0.25, -0.2) is 0 Å². The first-order valence-electron chi connectivity index (χ1n) is 7.34. The van der Waals surface area contributed by atoms with E-state index >= 15 is 0 Å². The number of unbranched alkanes of at least 4 members (excludes halogenated alkanes) is 1. The Morgan fingerprint density at radius 3 is 2.71 bits per heavy atom. The second-order valence-electron chi connectivity index (χ2n) is 6.11. The molecule has 3 heteroatoms. The minimum atomic E-state index is 0.877. The zero-order valence-corrected chi connectivity index (χ0v) is 11.6. The Bertz CT molecular complexity index is 216. The average Bonchev–Trinajstić information content (AvgIpc) is 3.02. The van der Waals surface area contributed by atoms with Crippen molar-refractivity contribution in [1.29, 1.82) is 0 Å². The summed E-state index contributed by atoms with van der Waals surface area (Å²) in [6.45, 7) is 6.38. The Kier molecular flexibility index (Phi) is 5.26. The molecule has 2 aliphatic rings. The molecule has 1 heterocycles. The van der Waals surface area contributed by atoms with Crippen LogP contribution in [0.2, 0.25) is 0 Å². The van der Waals surface area contributed by atoms with Gasteiger partial charge in [-0.3, -0.25) is 0 Å². The van der Waals surface area contributed by atoms with Crippen LogP contribution < -0.4 is 5.32 Å². The third-order valence-electron chi connectivity index (χ3n) is 4.04. The number of hydrogen-bond acceptors (Lipinski definition) is 3. The molecule has 0 bridgehead atoms. The van der Waals surface area contributed by atoms with Crippen LogP contribution >= 0.6 is 0 Å². The second kappa shape index (κ2) is 6.72. The van der Waals surface area contributed by atoms with Crippen molar-refractivity contribution < 1.29 is 0 Å². The van der Waals surface area contributed by atoms with Gasteiger partial charge in [0.2, 0.25) is 0 Å². The Morgan fingerprint density at radius 1 is 1.24 bits per heavy atom. The van der Waals surface area contributed by atoms with Crippen molar-refractivity contribution in [3.8, 4) is 0 Å².